The molecule has 136 valence electrons. The van der Waals surface area contributed by atoms with E-state index < -0.39 is 0 Å². The molecule has 1 N–H and O–H groups in total. The Hall–Kier alpha value is -2.27. The average molecular weight is 415 g/mol. The van der Waals surface area contributed by atoms with Crippen LogP contribution in [0, 0.1) is 11.3 Å². The van der Waals surface area contributed by atoms with Gasteiger partial charge in [0, 0.05) is 28.0 Å². The van der Waals surface area contributed by atoms with Gasteiger partial charge in [0.15, 0.2) is 5.16 Å². The Morgan fingerprint density at radius 2 is 2.33 bits per heavy atom. The summed E-state index contributed by atoms with van der Waals surface area (Å²) in [4.78, 5) is 18.0. The number of anilines is 1. The summed E-state index contributed by atoms with van der Waals surface area (Å²) < 4.78 is 1.89. The van der Waals surface area contributed by atoms with Crippen molar-refractivity contribution in [2.45, 2.75) is 24.4 Å². The highest BCUT2D eigenvalue weighted by Crippen LogP contribution is 2.38. The predicted octanol–water partition coefficient (Wildman–Crippen LogP) is 4.68. The molecule has 0 saturated carbocycles. The lowest BCUT2D eigenvalue weighted by Gasteiger charge is -2.08. The highest BCUT2D eigenvalue weighted by molar-refractivity contribution is 7.99. The fourth-order valence-corrected chi connectivity index (χ4v) is 5.34. The second-order valence-electron chi connectivity index (χ2n) is 6.07. The van der Waals surface area contributed by atoms with Crippen LogP contribution >= 0.6 is 34.7 Å². The van der Waals surface area contributed by atoms with Gasteiger partial charge < -0.3 is 5.32 Å². The summed E-state index contributed by atoms with van der Waals surface area (Å²) in [5, 5.41) is 14.4. The van der Waals surface area contributed by atoms with Crippen molar-refractivity contribution in [2.75, 3.05) is 11.1 Å². The first kappa shape index (κ1) is 18.1. The highest BCUT2D eigenvalue weighted by Gasteiger charge is 2.23. The van der Waals surface area contributed by atoms with E-state index in [2.05, 4.69) is 16.4 Å². The van der Waals surface area contributed by atoms with Gasteiger partial charge in [0.1, 0.15) is 11.1 Å². The van der Waals surface area contributed by atoms with Crippen molar-refractivity contribution in [3.05, 3.63) is 57.7 Å². The molecule has 0 saturated heterocycles. The molecule has 8 heteroatoms. The third kappa shape index (κ3) is 3.74. The number of thiophene rings is 1. The van der Waals surface area contributed by atoms with Crippen molar-refractivity contribution in [2.24, 2.45) is 0 Å². The second-order valence-corrected chi connectivity index (χ2v) is 8.55. The Bertz CT molecular complexity index is 1050. The van der Waals surface area contributed by atoms with E-state index in [9.17, 15) is 10.1 Å². The van der Waals surface area contributed by atoms with Crippen molar-refractivity contribution >= 4 is 45.6 Å². The molecule has 0 bridgehead atoms. The second kappa shape index (κ2) is 7.77. The monoisotopic (exact) mass is 414 g/mol. The van der Waals surface area contributed by atoms with Crippen molar-refractivity contribution in [3.63, 3.8) is 0 Å². The first-order valence-corrected chi connectivity index (χ1v) is 10.6. The van der Waals surface area contributed by atoms with Crippen LogP contribution in [0.4, 0.5) is 5.00 Å². The van der Waals surface area contributed by atoms with Crippen LogP contribution < -0.4 is 5.32 Å². The molecule has 2 heterocycles. The van der Waals surface area contributed by atoms with E-state index in [4.69, 9.17) is 11.6 Å². The molecule has 5 nitrogen and oxygen atoms in total. The Kier molecular flexibility index (Phi) is 5.21. The van der Waals surface area contributed by atoms with Gasteiger partial charge in [-0.15, -0.1) is 11.3 Å². The van der Waals surface area contributed by atoms with E-state index in [-0.39, 0.29) is 11.7 Å². The lowest BCUT2D eigenvalue weighted by molar-refractivity contribution is -0.113. The van der Waals surface area contributed by atoms with E-state index in [0.29, 0.717) is 20.7 Å². The Morgan fingerprint density at radius 3 is 3.15 bits per heavy atom. The van der Waals surface area contributed by atoms with Gasteiger partial charge in [-0.25, -0.2) is 4.98 Å². The van der Waals surface area contributed by atoms with Gasteiger partial charge in [0.2, 0.25) is 5.91 Å². The van der Waals surface area contributed by atoms with Gasteiger partial charge in [0.25, 0.3) is 0 Å². The van der Waals surface area contributed by atoms with Crippen LogP contribution in [0.5, 0.6) is 0 Å². The zero-order chi connectivity index (χ0) is 18.8. The Labute approximate surface area is 170 Å². The van der Waals surface area contributed by atoms with E-state index in [1.54, 1.807) is 6.20 Å². The standard InChI is InChI=1S/C19H15ClN4OS2/c20-12-3-1-4-13(9-12)24-8-7-22-19(24)26-11-17(25)23-18-15(10-21)14-5-2-6-16(14)27-18/h1,3-4,7-9H,2,5-6,11H2,(H,23,25). The summed E-state index contributed by atoms with van der Waals surface area (Å²) in [6, 6.07) is 9.71. The molecule has 27 heavy (non-hydrogen) atoms. The summed E-state index contributed by atoms with van der Waals surface area (Å²) in [7, 11) is 0. The highest BCUT2D eigenvalue weighted by atomic mass is 35.5. The smallest absolute Gasteiger partial charge is 0.235 e. The number of carbonyl (C=O) groups is 1. The Balaban J connectivity index is 1.44. The lowest BCUT2D eigenvalue weighted by Crippen LogP contribution is -2.14. The first-order valence-electron chi connectivity index (χ1n) is 8.42. The number of aromatic nitrogens is 2. The summed E-state index contributed by atoms with van der Waals surface area (Å²) in [6.45, 7) is 0. The van der Waals surface area contributed by atoms with Crippen LogP contribution in [0.1, 0.15) is 22.4 Å². The lowest BCUT2D eigenvalue weighted by atomic mass is 10.1. The van der Waals surface area contributed by atoms with Crippen molar-refractivity contribution in [3.8, 4) is 11.8 Å². The third-order valence-electron chi connectivity index (χ3n) is 4.31. The van der Waals surface area contributed by atoms with E-state index >= 15 is 0 Å². The third-order valence-corrected chi connectivity index (χ3v) is 6.72. The molecule has 0 fully saturated rings. The first-order chi connectivity index (χ1) is 13.2. The number of nitrogens with one attached hydrogen (secondary N) is 1. The maximum Gasteiger partial charge on any atom is 0.235 e. The number of aryl methyl sites for hydroxylation is 1. The van der Waals surface area contributed by atoms with Crippen LogP contribution in [0.2, 0.25) is 5.02 Å². The van der Waals surface area contributed by atoms with Gasteiger partial charge >= 0.3 is 0 Å². The molecule has 1 amide bonds. The largest absolute Gasteiger partial charge is 0.316 e. The minimum Gasteiger partial charge on any atom is -0.316 e. The fourth-order valence-electron chi connectivity index (χ4n) is 3.12. The van der Waals surface area contributed by atoms with E-state index in [1.165, 1.54) is 28.0 Å². The average Bonchev–Trinajstić information content (AvgIpc) is 3.35. The van der Waals surface area contributed by atoms with Crippen LogP contribution in [-0.4, -0.2) is 21.2 Å². The number of hydrogen-bond donors (Lipinski definition) is 1. The molecule has 0 radical (unpaired) electrons. The molecule has 1 aliphatic carbocycles. The molecule has 3 aromatic rings. The molecule has 0 unspecified atom stereocenters. The zero-order valence-corrected chi connectivity index (χ0v) is 16.6. The fraction of sp³-hybridized carbons (Fsp3) is 0.211. The van der Waals surface area contributed by atoms with Crippen molar-refractivity contribution in [1.29, 1.82) is 5.26 Å². The number of benzene rings is 1. The number of imidazole rings is 1. The quantitative estimate of drug-likeness (QED) is 0.615. The number of nitriles is 1. The summed E-state index contributed by atoms with van der Waals surface area (Å²) >= 11 is 8.93. The maximum atomic E-state index is 12.4. The number of nitrogens with zero attached hydrogens (tertiary/aromatic N) is 3. The number of halogens is 1. The summed E-state index contributed by atoms with van der Waals surface area (Å²) in [6.07, 6.45) is 6.54. The predicted molar refractivity (Wildman–Crippen MR) is 109 cm³/mol. The minimum atomic E-state index is -0.142. The molecular weight excluding hydrogens is 400 g/mol. The number of amides is 1. The molecular formula is C19H15ClN4OS2. The van der Waals surface area contributed by atoms with E-state index in [0.717, 1.165) is 30.5 Å². The van der Waals surface area contributed by atoms with Crippen molar-refractivity contribution in [1.82, 2.24) is 9.55 Å². The number of fused-ring (bicyclic) bond motifs is 1. The molecule has 1 aromatic carbocycles. The number of carbonyl (C=O) groups excluding carboxylic acids is 1. The van der Waals surface area contributed by atoms with Crippen molar-refractivity contribution < 1.29 is 4.79 Å². The zero-order valence-electron chi connectivity index (χ0n) is 14.2. The molecule has 2 aromatic heterocycles. The maximum absolute atomic E-state index is 12.4. The summed E-state index contributed by atoms with van der Waals surface area (Å²) in [5.74, 6) is 0.0717. The SMILES string of the molecule is N#Cc1c(NC(=O)CSc2nccn2-c2cccc(Cl)c2)sc2c1CCC2. The van der Waals surface area contributed by atoms with Gasteiger partial charge in [0.05, 0.1) is 11.3 Å². The number of hydrogen-bond acceptors (Lipinski definition) is 5. The molecule has 0 atom stereocenters. The summed E-state index contributed by atoms with van der Waals surface area (Å²) in [5.41, 5.74) is 2.64. The van der Waals surface area contributed by atoms with Gasteiger partial charge in [-0.1, -0.05) is 29.4 Å². The van der Waals surface area contributed by atoms with Crippen LogP contribution in [0.3, 0.4) is 0 Å². The molecule has 4 rings (SSSR count). The normalized spacial score (nSPS) is 12.6. The van der Waals surface area contributed by atoms with Gasteiger partial charge in [-0.05, 0) is 43.0 Å². The minimum absolute atomic E-state index is 0.142. The van der Waals surface area contributed by atoms with Gasteiger partial charge in [-0.2, -0.15) is 5.26 Å². The Morgan fingerprint density at radius 1 is 1.44 bits per heavy atom. The van der Waals surface area contributed by atoms with Crippen LogP contribution in [0.25, 0.3) is 5.69 Å². The molecule has 1 aliphatic rings. The number of thioether (sulfide) groups is 1. The van der Waals surface area contributed by atoms with E-state index in [1.807, 2.05) is 35.0 Å². The van der Waals surface area contributed by atoms with Crippen LogP contribution in [-0.2, 0) is 17.6 Å². The van der Waals surface area contributed by atoms with Gasteiger partial charge in [-0.3, -0.25) is 9.36 Å². The molecule has 0 spiro atoms. The van der Waals surface area contributed by atoms with Crippen LogP contribution in [0.15, 0.2) is 41.8 Å². The molecule has 0 aliphatic heterocycles. The number of rotatable bonds is 5. The topological polar surface area (TPSA) is 70.7 Å².